The molecule has 2 N–H and O–H groups in total. The zero-order chi connectivity index (χ0) is 41.0. The highest BCUT2D eigenvalue weighted by atomic mass is 16.7. The van der Waals surface area contributed by atoms with Crippen molar-refractivity contribution in [2.75, 3.05) is 27.7 Å². The Morgan fingerprint density at radius 3 is 2.42 bits per heavy atom. The Kier molecular flexibility index (Phi) is 14.6. The third-order valence-electron chi connectivity index (χ3n) is 11.8. The second kappa shape index (κ2) is 18.2. The first-order chi connectivity index (χ1) is 25.8. The topological polar surface area (TPSA) is 179 Å². The van der Waals surface area contributed by atoms with Gasteiger partial charge in [-0.1, -0.05) is 52.0 Å². The van der Waals surface area contributed by atoms with E-state index in [1.165, 1.54) is 11.1 Å². The predicted molar refractivity (Wildman–Crippen MR) is 204 cm³/mol. The summed E-state index contributed by atoms with van der Waals surface area (Å²) in [5, 5.41) is 24.3. The third kappa shape index (κ3) is 9.57. The summed E-state index contributed by atoms with van der Waals surface area (Å²) in [7, 11) is 5.33. The maximum Gasteiger partial charge on any atom is 0.425 e. The van der Waals surface area contributed by atoms with E-state index in [2.05, 4.69) is 5.43 Å². The average molecular weight is 775 g/mol. The molecule has 15 nitrogen and oxygen atoms in total. The number of nitro benzene ring substituents is 1. The fraction of sp³-hybridized carbons (Fsp3) is 0.725. The number of carbonyl (C=O) groups is 3. The first kappa shape index (κ1) is 44.2. The van der Waals surface area contributed by atoms with Gasteiger partial charge in [-0.25, -0.2) is 20.0 Å². The van der Waals surface area contributed by atoms with Crippen molar-refractivity contribution in [3.63, 3.8) is 0 Å². The summed E-state index contributed by atoms with van der Waals surface area (Å²) in [6, 6.07) is 5.38. The van der Waals surface area contributed by atoms with Gasteiger partial charge >= 0.3 is 12.1 Å². The second-order valence-electron chi connectivity index (χ2n) is 16.2. The van der Waals surface area contributed by atoms with Crippen LogP contribution in [0.4, 0.5) is 10.5 Å². The molecular formula is C40H62N4O11. The van der Waals surface area contributed by atoms with E-state index in [0.29, 0.717) is 30.4 Å². The van der Waals surface area contributed by atoms with Crippen molar-refractivity contribution in [1.29, 1.82) is 0 Å². The summed E-state index contributed by atoms with van der Waals surface area (Å²) < 4.78 is 31.2. The van der Waals surface area contributed by atoms with E-state index >= 15 is 0 Å². The van der Waals surface area contributed by atoms with Crippen LogP contribution < -0.4 is 5.43 Å². The molecule has 4 rings (SSSR count). The largest absolute Gasteiger partial charge is 0.455 e. The lowest BCUT2D eigenvalue weighted by molar-refractivity contribution is -0.385. The van der Waals surface area contributed by atoms with E-state index in [0.717, 1.165) is 0 Å². The molecule has 0 aliphatic carbocycles. The summed E-state index contributed by atoms with van der Waals surface area (Å²) in [6.45, 7) is 14.6. The molecule has 0 aromatic heterocycles. The molecular weight excluding hydrogens is 712 g/mol. The number of benzene rings is 1. The number of nitro groups is 1. The molecule has 308 valence electrons. The molecule has 0 spiro atoms. The number of aliphatic hydroxyl groups excluding tert-OH is 1. The molecule has 3 heterocycles. The van der Waals surface area contributed by atoms with Crippen molar-refractivity contribution in [2.24, 2.45) is 17.8 Å². The number of esters is 1. The van der Waals surface area contributed by atoms with Crippen LogP contribution in [0.5, 0.6) is 0 Å². The lowest BCUT2D eigenvalue weighted by Crippen LogP contribution is -2.60. The SMILES string of the molecule is CC[C@H]1OC(=O)/C(C)=C/[C@H](C)[C@@H](O[C@@H]2O[C@H](C)C[C@H](N(C)C)[C@H]2O)[C@](C)(OC)C[C@@H](C)C(=O)[C@H](C)[C@H]2N(NCCCc3ccccc3[N+](=O)[O-])C(=O)O[C@]12C. The van der Waals surface area contributed by atoms with E-state index < -0.39 is 76.6 Å². The Hall–Kier alpha value is -3.47. The molecule has 0 bridgehead atoms. The number of rotatable bonds is 11. The highest BCUT2D eigenvalue weighted by Crippen LogP contribution is 2.42. The molecule has 1 aromatic rings. The number of ketones is 1. The minimum absolute atomic E-state index is 0.0201. The number of fused-ring (bicyclic) bond motifs is 1. The van der Waals surface area contributed by atoms with Crippen LogP contribution in [0.2, 0.25) is 0 Å². The molecule has 0 unspecified atom stereocenters. The number of carbonyl (C=O) groups excluding carboxylic acids is 3. The fourth-order valence-electron chi connectivity index (χ4n) is 8.81. The number of methoxy groups -OCH3 is 1. The van der Waals surface area contributed by atoms with Gasteiger partial charge in [-0.15, -0.1) is 0 Å². The van der Waals surface area contributed by atoms with Gasteiger partial charge in [0.15, 0.2) is 11.9 Å². The molecule has 15 heteroatoms. The van der Waals surface area contributed by atoms with Gasteiger partial charge in [0.1, 0.15) is 24.0 Å². The number of hydrogen-bond donors (Lipinski definition) is 2. The van der Waals surface area contributed by atoms with Crippen LogP contribution in [0.1, 0.15) is 86.6 Å². The molecule has 1 amide bonds. The molecule has 0 radical (unpaired) electrons. The molecule has 2 fully saturated rings. The molecule has 12 atom stereocenters. The Bertz CT molecular complexity index is 1570. The average Bonchev–Trinajstić information content (AvgIpc) is 3.39. The number of para-hydroxylation sites is 1. The van der Waals surface area contributed by atoms with Crippen molar-refractivity contribution in [3.05, 3.63) is 51.6 Å². The number of hydrogen-bond acceptors (Lipinski definition) is 13. The van der Waals surface area contributed by atoms with Crippen LogP contribution >= 0.6 is 0 Å². The van der Waals surface area contributed by atoms with Gasteiger partial charge in [-0.2, -0.15) is 0 Å². The number of hydrazine groups is 1. The predicted octanol–water partition coefficient (Wildman–Crippen LogP) is 4.98. The molecule has 2 saturated heterocycles. The number of likely N-dealkylation sites (N-methyl/N-ethyl adjacent to an activating group) is 1. The van der Waals surface area contributed by atoms with Crippen LogP contribution in [0.3, 0.4) is 0 Å². The normalized spacial score (nSPS) is 37.4. The number of cyclic esters (lactones) is 1. The maximum atomic E-state index is 14.6. The molecule has 55 heavy (non-hydrogen) atoms. The van der Waals surface area contributed by atoms with Crippen LogP contribution in [-0.2, 0) is 39.7 Å². The van der Waals surface area contributed by atoms with E-state index in [1.807, 2.05) is 53.6 Å². The minimum Gasteiger partial charge on any atom is -0.455 e. The van der Waals surface area contributed by atoms with E-state index in [1.54, 1.807) is 52.2 Å². The first-order valence-corrected chi connectivity index (χ1v) is 19.4. The number of amides is 1. The van der Waals surface area contributed by atoms with Gasteiger partial charge in [-0.3, -0.25) is 14.9 Å². The van der Waals surface area contributed by atoms with Crippen LogP contribution in [0.15, 0.2) is 35.9 Å². The van der Waals surface area contributed by atoms with Crippen molar-refractivity contribution in [2.45, 2.75) is 141 Å². The summed E-state index contributed by atoms with van der Waals surface area (Å²) in [5.41, 5.74) is 1.48. The minimum atomic E-state index is -1.43. The number of aliphatic hydroxyl groups is 1. The molecule has 1 aromatic carbocycles. The number of nitrogens with one attached hydrogen (secondary N) is 1. The summed E-state index contributed by atoms with van der Waals surface area (Å²) in [5.74, 6) is -2.69. The summed E-state index contributed by atoms with van der Waals surface area (Å²) in [4.78, 5) is 55.2. The van der Waals surface area contributed by atoms with Gasteiger partial charge in [-0.05, 0) is 73.9 Å². The van der Waals surface area contributed by atoms with Crippen LogP contribution in [0.25, 0.3) is 0 Å². The van der Waals surface area contributed by atoms with Gasteiger partial charge in [0, 0.05) is 54.7 Å². The Labute approximate surface area is 325 Å². The van der Waals surface area contributed by atoms with Crippen molar-refractivity contribution < 1.29 is 48.1 Å². The third-order valence-corrected chi connectivity index (χ3v) is 11.8. The Balaban J connectivity index is 1.69. The quantitative estimate of drug-likeness (QED) is 0.133. The number of Topliss-reactive ketones (excluding diaryl/α,β-unsaturated/α-hetero) is 1. The fourth-order valence-corrected chi connectivity index (χ4v) is 8.81. The van der Waals surface area contributed by atoms with Gasteiger partial charge < -0.3 is 33.7 Å². The standard InChI is InChI=1S/C40H62N4O11/c1-12-31-40(8)34(43(38(48)55-40)41-19-15-17-28-16-13-14-18-29(28)44(49)50)27(6)32(45)25(4)22-39(7,51-11)35(23(2)20-24(3)36(47)53-31)54-37-33(46)30(42(9)10)21-26(5)52-37/h13-14,16,18,20,23,25-27,30-31,33-35,37,41,46H,12,15,17,19,21-22H2,1-11H3/b24-20+/t23-,25+,26+,27-,30-,31+,33+,34+,35+,37-,39+,40+/m0/s1. The van der Waals surface area contributed by atoms with E-state index in [4.69, 9.17) is 23.7 Å². The lowest BCUT2D eigenvalue weighted by atomic mass is 9.74. The van der Waals surface area contributed by atoms with E-state index in [9.17, 15) is 29.6 Å². The molecule has 0 saturated carbocycles. The zero-order valence-corrected chi connectivity index (χ0v) is 34.3. The van der Waals surface area contributed by atoms with Crippen molar-refractivity contribution in [1.82, 2.24) is 15.3 Å². The van der Waals surface area contributed by atoms with Gasteiger partial charge in [0.2, 0.25) is 0 Å². The molecule has 3 aliphatic rings. The zero-order valence-electron chi connectivity index (χ0n) is 34.3. The lowest BCUT2D eigenvalue weighted by Gasteiger charge is -2.46. The van der Waals surface area contributed by atoms with E-state index in [-0.39, 0.29) is 43.0 Å². The van der Waals surface area contributed by atoms with Gasteiger partial charge in [0.25, 0.3) is 5.69 Å². The first-order valence-electron chi connectivity index (χ1n) is 19.4. The Morgan fingerprint density at radius 2 is 1.80 bits per heavy atom. The summed E-state index contributed by atoms with van der Waals surface area (Å²) in [6.07, 6.45) is -0.995. The van der Waals surface area contributed by atoms with Crippen LogP contribution in [0, 0.1) is 27.9 Å². The van der Waals surface area contributed by atoms with Gasteiger partial charge in [0.05, 0.1) is 22.7 Å². The smallest absolute Gasteiger partial charge is 0.425 e. The summed E-state index contributed by atoms with van der Waals surface area (Å²) >= 11 is 0. The molecule has 3 aliphatic heterocycles. The van der Waals surface area contributed by atoms with Crippen LogP contribution in [-0.4, -0.2) is 120 Å². The van der Waals surface area contributed by atoms with Crippen molar-refractivity contribution in [3.8, 4) is 0 Å². The highest BCUT2D eigenvalue weighted by molar-refractivity contribution is 5.88. The highest BCUT2D eigenvalue weighted by Gasteiger charge is 2.60. The number of ether oxygens (including phenoxy) is 5. The number of aryl methyl sites for hydroxylation is 1. The second-order valence-corrected chi connectivity index (χ2v) is 16.2. The Morgan fingerprint density at radius 1 is 1.13 bits per heavy atom. The maximum absolute atomic E-state index is 14.6. The number of nitrogens with zero attached hydrogens (tertiary/aromatic N) is 3. The monoisotopic (exact) mass is 774 g/mol. The van der Waals surface area contributed by atoms with Crippen molar-refractivity contribution >= 4 is 23.5 Å².